The highest BCUT2D eigenvalue weighted by molar-refractivity contribution is 9.10. The fraction of sp³-hybridized carbons (Fsp3) is 0.421. The first-order valence-electron chi connectivity index (χ1n) is 9.01. The lowest BCUT2D eigenvalue weighted by Crippen LogP contribution is -2.35. The molecule has 6 heteroatoms. The summed E-state index contributed by atoms with van der Waals surface area (Å²) in [5.74, 6) is 2.82. The van der Waals surface area contributed by atoms with Crippen LogP contribution in [0.4, 0.5) is 5.69 Å². The van der Waals surface area contributed by atoms with Gasteiger partial charge in [0, 0.05) is 53.7 Å². The number of anilines is 1. The summed E-state index contributed by atoms with van der Waals surface area (Å²) in [6, 6.07) is 8.45. The third-order valence-corrected chi connectivity index (χ3v) is 5.94. The average Bonchev–Trinajstić information content (AvgIpc) is 3.25. The van der Waals surface area contributed by atoms with E-state index >= 15 is 0 Å². The Morgan fingerprint density at radius 2 is 2.04 bits per heavy atom. The number of rotatable bonds is 2. The predicted molar refractivity (Wildman–Crippen MR) is 102 cm³/mol. The lowest BCUT2D eigenvalue weighted by molar-refractivity contribution is 0.474. The molecule has 25 heavy (non-hydrogen) atoms. The van der Waals surface area contributed by atoms with Crippen LogP contribution in [-0.4, -0.2) is 32.8 Å². The number of fused-ring (bicyclic) bond motifs is 2. The average molecular weight is 398 g/mol. The van der Waals surface area contributed by atoms with Gasteiger partial charge in [-0.25, -0.2) is 0 Å². The van der Waals surface area contributed by atoms with E-state index in [0.29, 0.717) is 5.92 Å². The van der Waals surface area contributed by atoms with E-state index in [0.717, 1.165) is 36.0 Å². The molecular weight excluding hydrogens is 378 g/mol. The van der Waals surface area contributed by atoms with E-state index in [-0.39, 0.29) is 0 Å². The summed E-state index contributed by atoms with van der Waals surface area (Å²) in [6.07, 6.45) is 6.58. The molecule has 2 aliphatic heterocycles. The van der Waals surface area contributed by atoms with Crippen molar-refractivity contribution in [2.75, 3.05) is 18.0 Å². The van der Waals surface area contributed by atoms with Gasteiger partial charge in [-0.3, -0.25) is 4.98 Å². The molecule has 0 spiro atoms. The fourth-order valence-corrected chi connectivity index (χ4v) is 4.62. The summed E-state index contributed by atoms with van der Waals surface area (Å²) in [7, 11) is 0. The van der Waals surface area contributed by atoms with Crippen molar-refractivity contribution >= 4 is 32.5 Å². The van der Waals surface area contributed by atoms with Gasteiger partial charge in [0.25, 0.3) is 0 Å². The van der Waals surface area contributed by atoms with Gasteiger partial charge in [-0.05, 0) is 43.5 Å². The molecule has 1 unspecified atom stereocenters. The third kappa shape index (κ3) is 2.63. The minimum atomic E-state index is 0.462. The Hall–Kier alpha value is -1.95. The molecule has 2 aromatic heterocycles. The van der Waals surface area contributed by atoms with Gasteiger partial charge in [-0.15, -0.1) is 10.2 Å². The number of benzene rings is 1. The standard InChI is InChI=1S/C19H20BrN5/c20-14-5-6-16-15(11-14)17(7-8-21-16)24-9-1-3-13(12-24)19-23-22-18-4-2-10-25(18)19/h5-8,11,13H,1-4,9-10,12H2. The van der Waals surface area contributed by atoms with E-state index in [4.69, 9.17) is 0 Å². The second kappa shape index (κ2) is 6.09. The number of aromatic nitrogens is 4. The lowest BCUT2D eigenvalue weighted by atomic mass is 9.96. The van der Waals surface area contributed by atoms with Crippen molar-refractivity contribution in [2.24, 2.45) is 0 Å². The van der Waals surface area contributed by atoms with Crippen LogP contribution in [0, 0.1) is 0 Å². The molecule has 0 saturated carbocycles. The third-order valence-electron chi connectivity index (χ3n) is 5.45. The van der Waals surface area contributed by atoms with Gasteiger partial charge in [-0.1, -0.05) is 15.9 Å². The Bertz CT molecular complexity index is 935. The van der Waals surface area contributed by atoms with Crippen molar-refractivity contribution in [3.8, 4) is 0 Å². The molecule has 3 aromatic rings. The van der Waals surface area contributed by atoms with Crippen LogP contribution >= 0.6 is 15.9 Å². The van der Waals surface area contributed by atoms with Gasteiger partial charge in [-0.2, -0.15) is 0 Å². The number of hydrogen-bond donors (Lipinski definition) is 0. The highest BCUT2D eigenvalue weighted by Gasteiger charge is 2.29. The zero-order valence-corrected chi connectivity index (χ0v) is 15.6. The van der Waals surface area contributed by atoms with Crippen molar-refractivity contribution in [1.29, 1.82) is 0 Å². The van der Waals surface area contributed by atoms with Crippen LogP contribution in [0.5, 0.6) is 0 Å². The van der Waals surface area contributed by atoms with Crippen molar-refractivity contribution < 1.29 is 0 Å². The normalized spacial score (nSPS) is 20.2. The largest absolute Gasteiger partial charge is 0.370 e. The van der Waals surface area contributed by atoms with Gasteiger partial charge in [0.2, 0.25) is 0 Å². The first kappa shape index (κ1) is 15.3. The minimum absolute atomic E-state index is 0.462. The van der Waals surface area contributed by atoms with Crippen LogP contribution < -0.4 is 4.90 Å². The highest BCUT2D eigenvalue weighted by Crippen LogP contribution is 2.34. The SMILES string of the molecule is Brc1ccc2nccc(N3CCCC(c4nnc5n4CCC5)C3)c2c1. The van der Waals surface area contributed by atoms with E-state index in [1.807, 2.05) is 6.20 Å². The molecule has 0 amide bonds. The molecule has 5 nitrogen and oxygen atoms in total. The lowest BCUT2D eigenvalue weighted by Gasteiger charge is -2.34. The minimum Gasteiger partial charge on any atom is -0.370 e. The Kier molecular flexibility index (Phi) is 3.73. The molecule has 5 rings (SSSR count). The van der Waals surface area contributed by atoms with E-state index in [1.165, 1.54) is 42.0 Å². The van der Waals surface area contributed by atoms with Crippen molar-refractivity contribution in [2.45, 2.75) is 38.1 Å². The van der Waals surface area contributed by atoms with E-state index in [9.17, 15) is 0 Å². The quantitative estimate of drug-likeness (QED) is 0.657. The van der Waals surface area contributed by atoms with Crippen LogP contribution in [0.25, 0.3) is 10.9 Å². The first-order valence-corrected chi connectivity index (χ1v) is 9.80. The van der Waals surface area contributed by atoms with Gasteiger partial charge in [0.1, 0.15) is 11.6 Å². The molecule has 128 valence electrons. The van der Waals surface area contributed by atoms with E-state index in [2.05, 4.69) is 64.8 Å². The summed E-state index contributed by atoms with van der Waals surface area (Å²) in [5.41, 5.74) is 2.32. The molecule has 0 bridgehead atoms. The van der Waals surface area contributed by atoms with Gasteiger partial charge in [0.05, 0.1) is 5.52 Å². The summed E-state index contributed by atoms with van der Waals surface area (Å²) in [5, 5.41) is 10.2. The molecule has 2 aliphatic rings. The Morgan fingerprint density at radius 3 is 3.00 bits per heavy atom. The number of hydrogen-bond acceptors (Lipinski definition) is 4. The van der Waals surface area contributed by atoms with Gasteiger partial charge in [0.15, 0.2) is 0 Å². The van der Waals surface area contributed by atoms with Crippen LogP contribution in [0.2, 0.25) is 0 Å². The zero-order valence-electron chi connectivity index (χ0n) is 14.0. The topological polar surface area (TPSA) is 46.8 Å². The Labute approximate surface area is 155 Å². The molecule has 4 heterocycles. The summed E-state index contributed by atoms with van der Waals surface area (Å²) < 4.78 is 3.45. The number of pyridine rings is 1. The number of aryl methyl sites for hydroxylation is 1. The smallest absolute Gasteiger partial charge is 0.137 e. The van der Waals surface area contributed by atoms with E-state index in [1.54, 1.807) is 0 Å². The van der Waals surface area contributed by atoms with Crippen molar-refractivity contribution in [3.05, 3.63) is 46.6 Å². The number of halogens is 1. The molecule has 1 fully saturated rings. The molecular formula is C19H20BrN5. The molecule has 1 aromatic carbocycles. The monoisotopic (exact) mass is 397 g/mol. The number of nitrogens with zero attached hydrogens (tertiary/aromatic N) is 5. The molecule has 1 saturated heterocycles. The van der Waals surface area contributed by atoms with Crippen LogP contribution in [0.15, 0.2) is 34.9 Å². The zero-order chi connectivity index (χ0) is 16.8. The summed E-state index contributed by atoms with van der Waals surface area (Å²) in [6.45, 7) is 3.17. The molecule has 1 atom stereocenters. The van der Waals surface area contributed by atoms with Gasteiger partial charge >= 0.3 is 0 Å². The second-order valence-corrected chi connectivity index (χ2v) is 7.92. The van der Waals surface area contributed by atoms with Gasteiger partial charge < -0.3 is 9.47 Å². The summed E-state index contributed by atoms with van der Waals surface area (Å²) >= 11 is 3.60. The van der Waals surface area contributed by atoms with Crippen LogP contribution in [-0.2, 0) is 13.0 Å². The second-order valence-electron chi connectivity index (χ2n) is 7.01. The molecule has 0 radical (unpaired) electrons. The maximum absolute atomic E-state index is 4.53. The van der Waals surface area contributed by atoms with Crippen molar-refractivity contribution in [3.63, 3.8) is 0 Å². The van der Waals surface area contributed by atoms with Crippen LogP contribution in [0.3, 0.4) is 0 Å². The summed E-state index contributed by atoms with van der Waals surface area (Å²) in [4.78, 5) is 7.02. The van der Waals surface area contributed by atoms with Crippen LogP contribution in [0.1, 0.15) is 36.8 Å². The van der Waals surface area contributed by atoms with Crippen molar-refractivity contribution in [1.82, 2.24) is 19.7 Å². The maximum Gasteiger partial charge on any atom is 0.137 e. The highest BCUT2D eigenvalue weighted by atomic mass is 79.9. The number of piperidine rings is 1. The Balaban J connectivity index is 1.50. The van der Waals surface area contributed by atoms with E-state index < -0.39 is 0 Å². The predicted octanol–water partition coefficient (Wildman–Crippen LogP) is 3.92. The first-order chi connectivity index (χ1) is 12.3. The molecule has 0 aliphatic carbocycles. The fourth-order valence-electron chi connectivity index (χ4n) is 4.26. The molecule has 0 N–H and O–H groups in total. The Morgan fingerprint density at radius 1 is 1.08 bits per heavy atom. The maximum atomic E-state index is 4.53.